The molecule has 0 aromatic carbocycles. The Morgan fingerprint density at radius 2 is 2.11 bits per heavy atom. The SMILES string of the molecule is N#CCC(=O)N(CC1CCC(c2nnn3cnc4[nH]ccc4c23)CC1)C1CC1. The van der Waals surface area contributed by atoms with Crippen molar-refractivity contribution in [2.24, 2.45) is 5.92 Å². The maximum atomic E-state index is 12.3. The second-order valence-electron chi connectivity index (χ2n) is 8.08. The van der Waals surface area contributed by atoms with Crippen molar-refractivity contribution in [1.82, 2.24) is 29.7 Å². The van der Waals surface area contributed by atoms with Gasteiger partial charge in [-0.2, -0.15) is 5.26 Å². The van der Waals surface area contributed by atoms with Crippen molar-refractivity contribution in [1.29, 1.82) is 5.26 Å². The number of nitrogens with one attached hydrogen (secondary N) is 1. The Bertz CT molecular complexity index is 1050. The Morgan fingerprint density at radius 1 is 1.29 bits per heavy atom. The Balaban J connectivity index is 1.30. The summed E-state index contributed by atoms with van der Waals surface area (Å²) < 4.78 is 1.77. The first kappa shape index (κ1) is 17.2. The number of aromatic nitrogens is 5. The molecule has 0 saturated heterocycles. The van der Waals surface area contributed by atoms with Crippen molar-refractivity contribution in [3.63, 3.8) is 0 Å². The smallest absolute Gasteiger partial charge is 0.237 e. The standard InChI is InChI=1S/C20H23N7O/c21-9-7-17(28)26(15-5-6-15)11-13-1-3-14(4-2-13)18-19-16-8-10-22-20(16)23-12-27(19)25-24-18/h8,10,12-15,22H,1-7,11H2. The molecule has 0 aliphatic heterocycles. The Labute approximate surface area is 162 Å². The second kappa shape index (κ2) is 6.89. The minimum Gasteiger partial charge on any atom is -0.346 e. The number of hydrogen-bond acceptors (Lipinski definition) is 5. The Hall–Kier alpha value is -2.95. The fourth-order valence-electron chi connectivity index (χ4n) is 4.60. The van der Waals surface area contributed by atoms with Gasteiger partial charge in [-0.25, -0.2) is 9.50 Å². The van der Waals surface area contributed by atoms with E-state index in [0.717, 1.165) is 67.3 Å². The summed E-state index contributed by atoms with van der Waals surface area (Å²) in [5.74, 6) is 0.896. The number of H-pyrrole nitrogens is 1. The number of aromatic amines is 1. The minimum atomic E-state index is -0.00114. The quantitative estimate of drug-likeness (QED) is 0.736. The van der Waals surface area contributed by atoms with Crippen LogP contribution in [0.3, 0.4) is 0 Å². The molecule has 3 aromatic heterocycles. The topological polar surface area (TPSA) is 103 Å². The molecule has 5 rings (SSSR count). The lowest BCUT2D eigenvalue weighted by Crippen LogP contribution is -2.37. The first-order valence-electron chi connectivity index (χ1n) is 10.1. The number of amides is 1. The molecular formula is C20H23N7O. The highest BCUT2D eigenvalue weighted by atomic mass is 16.2. The van der Waals surface area contributed by atoms with E-state index in [0.29, 0.717) is 17.9 Å². The van der Waals surface area contributed by atoms with Crippen molar-refractivity contribution in [2.45, 2.75) is 56.9 Å². The molecule has 1 N–H and O–H groups in total. The van der Waals surface area contributed by atoms with Gasteiger partial charge in [0.05, 0.1) is 11.8 Å². The van der Waals surface area contributed by atoms with Crippen molar-refractivity contribution in [3.05, 3.63) is 24.3 Å². The van der Waals surface area contributed by atoms with E-state index in [2.05, 4.69) is 20.3 Å². The van der Waals surface area contributed by atoms with Crippen molar-refractivity contribution < 1.29 is 4.79 Å². The Kier molecular flexibility index (Phi) is 4.23. The van der Waals surface area contributed by atoms with Crippen LogP contribution in [0.2, 0.25) is 0 Å². The van der Waals surface area contributed by atoms with Crippen molar-refractivity contribution in [3.8, 4) is 6.07 Å². The molecule has 0 bridgehead atoms. The predicted octanol–water partition coefficient (Wildman–Crippen LogP) is 2.78. The fraction of sp³-hybridized carbons (Fsp3) is 0.550. The number of rotatable bonds is 5. The van der Waals surface area contributed by atoms with Gasteiger partial charge in [0.2, 0.25) is 5.91 Å². The molecule has 2 aliphatic rings. The van der Waals surface area contributed by atoms with Gasteiger partial charge in [0.15, 0.2) is 0 Å². The summed E-state index contributed by atoms with van der Waals surface area (Å²) in [4.78, 5) is 21.8. The van der Waals surface area contributed by atoms with Crippen LogP contribution in [0.5, 0.6) is 0 Å². The van der Waals surface area contributed by atoms with Crippen LogP contribution in [0.25, 0.3) is 16.6 Å². The van der Waals surface area contributed by atoms with Gasteiger partial charge in [0.1, 0.15) is 23.9 Å². The molecular weight excluding hydrogens is 354 g/mol. The molecule has 2 fully saturated rings. The predicted molar refractivity (Wildman–Crippen MR) is 102 cm³/mol. The largest absolute Gasteiger partial charge is 0.346 e. The van der Waals surface area contributed by atoms with Crippen LogP contribution in [0, 0.1) is 17.2 Å². The highest BCUT2D eigenvalue weighted by Gasteiger charge is 2.35. The maximum Gasteiger partial charge on any atom is 0.237 e. The molecule has 1 amide bonds. The highest BCUT2D eigenvalue weighted by Crippen LogP contribution is 2.39. The monoisotopic (exact) mass is 377 g/mol. The summed E-state index contributed by atoms with van der Waals surface area (Å²) in [6.45, 7) is 0.798. The maximum absolute atomic E-state index is 12.3. The average molecular weight is 377 g/mol. The minimum absolute atomic E-state index is 0.00113. The summed E-state index contributed by atoms with van der Waals surface area (Å²) in [6, 6.07) is 4.41. The summed E-state index contributed by atoms with van der Waals surface area (Å²) >= 11 is 0. The van der Waals surface area contributed by atoms with Gasteiger partial charge >= 0.3 is 0 Å². The normalized spacial score (nSPS) is 22.4. The van der Waals surface area contributed by atoms with Gasteiger partial charge in [0.25, 0.3) is 0 Å². The molecule has 2 aliphatic carbocycles. The molecule has 8 heteroatoms. The zero-order valence-electron chi connectivity index (χ0n) is 15.7. The third-order valence-corrected chi connectivity index (χ3v) is 6.22. The van der Waals surface area contributed by atoms with Crippen LogP contribution in [-0.2, 0) is 4.79 Å². The van der Waals surface area contributed by atoms with Crippen LogP contribution in [0.4, 0.5) is 0 Å². The van der Waals surface area contributed by atoms with E-state index in [-0.39, 0.29) is 12.3 Å². The lowest BCUT2D eigenvalue weighted by molar-refractivity contribution is -0.131. The molecule has 0 atom stereocenters. The van der Waals surface area contributed by atoms with E-state index in [1.54, 1.807) is 10.8 Å². The van der Waals surface area contributed by atoms with Gasteiger partial charge in [-0.3, -0.25) is 4.79 Å². The molecule has 0 radical (unpaired) electrons. The third kappa shape index (κ3) is 3.01. The zero-order valence-corrected chi connectivity index (χ0v) is 15.7. The van der Waals surface area contributed by atoms with E-state index in [1.165, 1.54) is 0 Å². The molecule has 0 unspecified atom stereocenters. The van der Waals surface area contributed by atoms with Gasteiger partial charge < -0.3 is 9.88 Å². The summed E-state index contributed by atoms with van der Waals surface area (Å²) in [5.41, 5.74) is 2.98. The number of hydrogen-bond donors (Lipinski definition) is 1. The number of carbonyl (C=O) groups excluding carboxylic acids is 1. The molecule has 0 spiro atoms. The van der Waals surface area contributed by atoms with Gasteiger partial charge in [-0.1, -0.05) is 5.21 Å². The number of carbonyl (C=O) groups is 1. The first-order valence-corrected chi connectivity index (χ1v) is 10.1. The van der Waals surface area contributed by atoms with Crippen LogP contribution >= 0.6 is 0 Å². The molecule has 3 aromatic rings. The molecule has 144 valence electrons. The first-order chi connectivity index (χ1) is 13.7. The highest BCUT2D eigenvalue weighted by molar-refractivity contribution is 5.92. The Morgan fingerprint density at radius 3 is 2.86 bits per heavy atom. The van der Waals surface area contributed by atoms with Crippen LogP contribution in [-0.4, -0.2) is 48.2 Å². The number of nitrogens with zero attached hydrogens (tertiary/aromatic N) is 6. The second-order valence-corrected chi connectivity index (χ2v) is 8.08. The molecule has 8 nitrogen and oxygen atoms in total. The van der Waals surface area contributed by atoms with Gasteiger partial charge in [-0.05, 0) is 50.5 Å². The van der Waals surface area contributed by atoms with Gasteiger partial charge in [-0.15, -0.1) is 5.10 Å². The van der Waals surface area contributed by atoms with Crippen LogP contribution in [0.1, 0.15) is 56.6 Å². The molecule has 28 heavy (non-hydrogen) atoms. The number of nitriles is 1. The van der Waals surface area contributed by atoms with E-state index in [1.807, 2.05) is 23.2 Å². The van der Waals surface area contributed by atoms with E-state index >= 15 is 0 Å². The lowest BCUT2D eigenvalue weighted by atomic mass is 9.80. The van der Waals surface area contributed by atoms with E-state index in [4.69, 9.17) is 5.26 Å². The summed E-state index contributed by atoms with van der Waals surface area (Å²) in [7, 11) is 0. The van der Waals surface area contributed by atoms with Crippen LogP contribution in [0.15, 0.2) is 18.6 Å². The average Bonchev–Trinajstić information content (AvgIpc) is 3.26. The van der Waals surface area contributed by atoms with E-state index in [9.17, 15) is 4.79 Å². The zero-order chi connectivity index (χ0) is 19.1. The van der Waals surface area contributed by atoms with Gasteiger partial charge in [0, 0.05) is 30.1 Å². The fourth-order valence-corrected chi connectivity index (χ4v) is 4.60. The van der Waals surface area contributed by atoms with E-state index < -0.39 is 0 Å². The van der Waals surface area contributed by atoms with Crippen molar-refractivity contribution in [2.75, 3.05) is 6.54 Å². The lowest BCUT2D eigenvalue weighted by Gasteiger charge is -2.32. The number of fused-ring (bicyclic) bond motifs is 3. The van der Waals surface area contributed by atoms with Crippen LogP contribution < -0.4 is 0 Å². The summed E-state index contributed by atoms with van der Waals surface area (Å²) in [6.07, 6.45) is 10.0. The van der Waals surface area contributed by atoms with Crippen molar-refractivity contribution >= 4 is 22.5 Å². The molecule has 2 saturated carbocycles. The molecule has 3 heterocycles. The summed E-state index contributed by atoms with van der Waals surface area (Å²) in [5, 5.41) is 18.7. The third-order valence-electron chi connectivity index (χ3n) is 6.22.